The van der Waals surface area contributed by atoms with Gasteiger partial charge in [0.15, 0.2) is 0 Å². The molecular formula is C23H25N3O3S. The van der Waals surface area contributed by atoms with Crippen LogP contribution in [0.1, 0.15) is 16.1 Å². The van der Waals surface area contributed by atoms with Crippen LogP contribution in [-0.4, -0.2) is 61.1 Å². The molecule has 4 rings (SSSR count). The molecule has 1 aliphatic rings. The van der Waals surface area contributed by atoms with Gasteiger partial charge in [0.05, 0.1) is 19.9 Å². The van der Waals surface area contributed by atoms with E-state index in [1.807, 2.05) is 29.2 Å². The first-order valence-corrected chi connectivity index (χ1v) is 10.8. The van der Waals surface area contributed by atoms with Gasteiger partial charge in [-0.1, -0.05) is 36.4 Å². The van der Waals surface area contributed by atoms with Crippen LogP contribution in [0, 0.1) is 0 Å². The quantitative estimate of drug-likeness (QED) is 0.604. The van der Waals surface area contributed by atoms with Crippen molar-refractivity contribution in [3.8, 4) is 22.1 Å². The molecule has 0 saturated carbocycles. The first kappa shape index (κ1) is 20.4. The Balaban J connectivity index is 1.38. The van der Waals surface area contributed by atoms with Crippen molar-refractivity contribution in [2.75, 3.05) is 40.4 Å². The van der Waals surface area contributed by atoms with Crippen LogP contribution in [0.5, 0.6) is 11.5 Å². The third-order valence-electron chi connectivity index (χ3n) is 5.26. The fourth-order valence-electron chi connectivity index (χ4n) is 3.65. The minimum absolute atomic E-state index is 0.0519. The summed E-state index contributed by atoms with van der Waals surface area (Å²) in [5.74, 6) is 1.03. The lowest BCUT2D eigenvalue weighted by atomic mass is 10.1. The van der Waals surface area contributed by atoms with Crippen LogP contribution < -0.4 is 9.47 Å². The number of methoxy groups -OCH3 is 2. The molecule has 0 spiro atoms. The van der Waals surface area contributed by atoms with Crippen LogP contribution in [0.25, 0.3) is 10.6 Å². The van der Waals surface area contributed by atoms with Gasteiger partial charge in [0.2, 0.25) is 0 Å². The minimum Gasteiger partial charge on any atom is -0.496 e. The minimum atomic E-state index is -0.0519. The topological polar surface area (TPSA) is 54.9 Å². The fourth-order valence-corrected chi connectivity index (χ4v) is 4.47. The number of rotatable bonds is 6. The Bertz CT molecular complexity index is 976. The first-order valence-electron chi connectivity index (χ1n) is 9.92. The monoisotopic (exact) mass is 423 g/mol. The summed E-state index contributed by atoms with van der Waals surface area (Å²) in [6.45, 7) is 3.73. The zero-order valence-electron chi connectivity index (χ0n) is 17.2. The Labute approximate surface area is 180 Å². The zero-order valence-corrected chi connectivity index (χ0v) is 18.0. The summed E-state index contributed by atoms with van der Waals surface area (Å²) in [4.78, 5) is 22.1. The van der Waals surface area contributed by atoms with Crippen molar-refractivity contribution in [2.45, 2.75) is 6.54 Å². The lowest BCUT2D eigenvalue weighted by Crippen LogP contribution is -2.48. The van der Waals surface area contributed by atoms with E-state index in [1.165, 1.54) is 0 Å². The second-order valence-electron chi connectivity index (χ2n) is 7.12. The number of piperazine rings is 1. The average molecular weight is 424 g/mol. The maximum absolute atomic E-state index is 13.1. The highest BCUT2D eigenvalue weighted by molar-refractivity contribution is 7.13. The van der Waals surface area contributed by atoms with Gasteiger partial charge in [-0.15, -0.1) is 11.3 Å². The van der Waals surface area contributed by atoms with Crippen LogP contribution in [0.4, 0.5) is 0 Å². The Morgan fingerprint density at radius 2 is 1.63 bits per heavy atom. The molecular weight excluding hydrogens is 398 g/mol. The average Bonchev–Trinajstić information content (AvgIpc) is 3.27. The lowest BCUT2D eigenvalue weighted by molar-refractivity contribution is 0.0621. The molecule has 0 atom stereocenters. The molecule has 1 saturated heterocycles. The predicted octanol–water partition coefficient (Wildman–Crippen LogP) is 3.79. The highest BCUT2D eigenvalue weighted by atomic mass is 32.1. The lowest BCUT2D eigenvalue weighted by Gasteiger charge is -2.34. The largest absolute Gasteiger partial charge is 0.496 e. The molecule has 2 aromatic carbocycles. The van der Waals surface area contributed by atoms with E-state index in [0.29, 0.717) is 30.2 Å². The second-order valence-corrected chi connectivity index (χ2v) is 7.97. The molecule has 0 unspecified atom stereocenters. The van der Waals surface area contributed by atoms with E-state index in [4.69, 9.17) is 14.5 Å². The Kier molecular flexibility index (Phi) is 6.30. The van der Waals surface area contributed by atoms with E-state index in [2.05, 4.69) is 22.4 Å². The van der Waals surface area contributed by atoms with E-state index < -0.39 is 0 Å². The van der Waals surface area contributed by atoms with Gasteiger partial charge in [0.1, 0.15) is 22.1 Å². The summed E-state index contributed by atoms with van der Waals surface area (Å²) in [6.07, 6.45) is 0. The molecule has 30 heavy (non-hydrogen) atoms. The van der Waals surface area contributed by atoms with E-state index >= 15 is 0 Å². The molecule has 0 radical (unpaired) electrons. The maximum Gasteiger partial charge on any atom is 0.261 e. The third-order valence-corrected chi connectivity index (χ3v) is 6.20. The van der Waals surface area contributed by atoms with Gasteiger partial charge in [0.25, 0.3) is 5.91 Å². The van der Waals surface area contributed by atoms with Gasteiger partial charge >= 0.3 is 0 Å². The number of ether oxygens (including phenoxy) is 2. The Morgan fingerprint density at radius 1 is 0.967 bits per heavy atom. The van der Waals surface area contributed by atoms with E-state index in [9.17, 15) is 4.79 Å². The van der Waals surface area contributed by atoms with E-state index in [0.717, 1.165) is 35.9 Å². The number of carbonyl (C=O) groups is 1. The van der Waals surface area contributed by atoms with Gasteiger partial charge in [0, 0.05) is 43.7 Å². The van der Waals surface area contributed by atoms with Crippen LogP contribution in [0.3, 0.4) is 0 Å². The van der Waals surface area contributed by atoms with Gasteiger partial charge in [-0.2, -0.15) is 0 Å². The van der Waals surface area contributed by atoms with Crippen LogP contribution in [0.15, 0.2) is 53.9 Å². The summed E-state index contributed by atoms with van der Waals surface area (Å²) >= 11 is 1.67. The molecule has 0 aliphatic carbocycles. The van der Waals surface area contributed by atoms with Crippen molar-refractivity contribution in [3.05, 3.63) is 65.2 Å². The van der Waals surface area contributed by atoms with E-state index in [-0.39, 0.29) is 5.91 Å². The van der Waals surface area contributed by atoms with Crippen molar-refractivity contribution >= 4 is 17.2 Å². The van der Waals surface area contributed by atoms with Gasteiger partial charge in [-0.05, 0) is 12.1 Å². The first-order chi connectivity index (χ1) is 14.7. The molecule has 7 heteroatoms. The number of aromatic nitrogens is 1. The summed E-state index contributed by atoms with van der Waals surface area (Å²) in [7, 11) is 3.14. The number of benzene rings is 2. The van der Waals surface area contributed by atoms with Crippen LogP contribution in [-0.2, 0) is 6.54 Å². The predicted molar refractivity (Wildman–Crippen MR) is 118 cm³/mol. The molecule has 2 heterocycles. The second kappa shape index (κ2) is 9.28. The zero-order chi connectivity index (χ0) is 20.9. The molecule has 156 valence electrons. The number of nitrogens with zero attached hydrogens (tertiary/aromatic N) is 3. The number of hydrogen-bond donors (Lipinski definition) is 0. The number of hydrogen-bond acceptors (Lipinski definition) is 6. The smallest absolute Gasteiger partial charge is 0.261 e. The van der Waals surface area contributed by atoms with E-state index in [1.54, 1.807) is 37.7 Å². The molecule has 1 aromatic heterocycles. The summed E-state index contributed by atoms with van der Waals surface area (Å²) < 4.78 is 10.8. The number of thiazole rings is 1. The van der Waals surface area contributed by atoms with Crippen molar-refractivity contribution in [2.24, 2.45) is 0 Å². The molecule has 0 bridgehead atoms. The van der Waals surface area contributed by atoms with Gasteiger partial charge < -0.3 is 14.4 Å². The third kappa shape index (κ3) is 4.32. The fraction of sp³-hybridized carbons (Fsp3) is 0.304. The molecule has 3 aromatic rings. The van der Waals surface area contributed by atoms with Gasteiger partial charge in [-0.3, -0.25) is 9.69 Å². The van der Waals surface area contributed by atoms with Crippen LogP contribution in [0.2, 0.25) is 0 Å². The summed E-state index contributed by atoms with van der Waals surface area (Å²) in [6, 6.07) is 15.6. The molecule has 6 nitrogen and oxygen atoms in total. The number of amides is 1. The Morgan fingerprint density at radius 3 is 2.27 bits per heavy atom. The standard InChI is InChI=1S/C23H25N3O3S/c1-28-19-9-6-10-20(29-2)21(19)23(27)26-13-11-25(12-14-26)15-18-16-30-22(24-18)17-7-4-3-5-8-17/h3-10,16H,11-15H2,1-2H3. The molecule has 1 fully saturated rings. The molecule has 1 aliphatic heterocycles. The normalized spacial score (nSPS) is 14.5. The van der Waals surface area contributed by atoms with Crippen molar-refractivity contribution < 1.29 is 14.3 Å². The highest BCUT2D eigenvalue weighted by Gasteiger charge is 2.27. The SMILES string of the molecule is COc1cccc(OC)c1C(=O)N1CCN(Cc2csc(-c3ccccc3)n2)CC1. The van der Waals surface area contributed by atoms with Crippen molar-refractivity contribution in [1.29, 1.82) is 0 Å². The number of carbonyl (C=O) groups excluding carboxylic acids is 1. The molecule has 1 amide bonds. The maximum atomic E-state index is 13.1. The summed E-state index contributed by atoms with van der Waals surface area (Å²) in [5.41, 5.74) is 2.71. The van der Waals surface area contributed by atoms with Crippen molar-refractivity contribution in [3.63, 3.8) is 0 Å². The summed E-state index contributed by atoms with van der Waals surface area (Å²) in [5, 5.41) is 3.17. The Hall–Kier alpha value is -2.90. The van der Waals surface area contributed by atoms with Gasteiger partial charge in [-0.25, -0.2) is 4.98 Å². The van der Waals surface area contributed by atoms with Crippen LogP contribution >= 0.6 is 11.3 Å². The van der Waals surface area contributed by atoms with Crippen molar-refractivity contribution in [1.82, 2.24) is 14.8 Å². The highest BCUT2D eigenvalue weighted by Crippen LogP contribution is 2.30. The molecule has 0 N–H and O–H groups in total.